The van der Waals surface area contributed by atoms with Crippen LogP contribution in [0.4, 0.5) is 0 Å². The Bertz CT molecular complexity index is 828. The van der Waals surface area contributed by atoms with Crippen LogP contribution >= 0.6 is 0 Å². The van der Waals surface area contributed by atoms with Crippen molar-refractivity contribution >= 4 is 14.0 Å². The minimum atomic E-state index is -1.37. The molecule has 0 amide bonds. The normalized spacial score (nSPS) is 28.2. The summed E-state index contributed by atoms with van der Waals surface area (Å²) in [5, 5.41) is 0. The van der Waals surface area contributed by atoms with Crippen LogP contribution in [0.1, 0.15) is 86.0 Å². The lowest BCUT2D eigenvalue weighted by molar-refractivity contribution is -0.139. The standard InChI is InChI=1S/C30H50O3Si/c1-10-30(6)27(33-30)18-17-23(3)14-12-15-24(4)19-21-29(5)20-13-16-25(28(31)32-11-2)26(29)22-34(7,8)9/h10,14,19,27H,1,11-13,15-18,20-22H2,2-9H3/b23-14+,24-19+/t27-,29-,30-/m1/s1. The van der Waals surface area contributed by atoms with E-state index in [1.54, 1.807) is 0 Å². The molecule has 0 N–H and O–H groups in total. The van der Waals surface area contributed by atoms with Gasteiger partial charge < -0.3 is 9.47 Å². The molecule has 3 nitrogen and oxygen atoms in total. The summed E-state index contributed by atoms with van der Waals surface area (Å²) in [6, 6.07) is 1.09. The molecule has 0 aromatic carbocycles. The molecule has 0 aromatic heterocycles. The lowest BCUT2D eigenvalue weighted by Crippen LogP contribution is -2.32. The second-order valence-corrected chi connectivity index (χ2v) is 17.7. The van der Waals surface area contributed by atoms with Gasteiger partial charge in [-0.15, -0.1) is 6.58 Å². The van der Waals surface area contributed by atoms with Gasteiger partial charge in [-0.3, -0.25) is 0 Å². The topological polar surface area (TPSA) is 38.8 Å². The Kier molecular flexibility index (Phi) is 10.2. The van der Waals surface area contributed by atoms with Crippen LogP contribution in [0.3, 0.4) is 0 Å². The van der Waals surface area contributed by atoms with Gasteiger partial charge in [0.25, 0.3) is 0 Å². The lowest BCUT2D eigenvalue weighted by Gasteiger charge is -2.40. The number of rotatable bonds is 13. The molecule has 2 aliphatic rings. The van der Waals surface area contributed by atoms with Crippen molar-refractivity contribution in [2.45, 2.75) is 123 Å². The summed E-state index contributed by atoms with van der Waals surface area (Å²) in [6.45, 7) is 22.4. The van der Waals surface area contributed by atoms with E-state index in [2.05, 4.69) is 66.1 Å². The summed E-state index contributed by atoms with van der Waals surface area (Å²) in [4.78, 5) is 12.8. The summed E-state index contributed by atoms with van der Waals surface area (Å²) in [5.41, 5.74) is 5.25. The van der Waals surface area contributed by atoms with Crippen molar-refractivity contribution in [3.63, 3.8) is 0 Å². The number of esters is 1. The Morgan fingerprint density at radius 2 is 1.85 bits per heavy atom. The highest BCUT2D eigenvalue weighted by molar-refractivity contribution is 6.76. The van der Waals surface area contributed by atoms with Crippen molar-refractivity contribution in [1.29, 1.82) is 0 Å². The van der Waals surface area contributed by atoms with Crippen LogP contribution in [0.15, 0.2) is 47.1 Å². The summed E-state index contributed by atoms with van der Waals surface area (Å²) in [6.07, 6.45) is 15.6. The molecular weight excluding hydrogens is 436 g/mol. The smallest absolute Gasteiger partial charge is 0.333 e. The zero-order valence-corrected chi connectivity index (χ0v) is 24.3. The van der Waals surface area contributed by atoms with Crippen molar-refractivity contribution in [3.8, 4) is 0 Å². The van der Waals surface area contributed by atoms with Crippen LogP contribution in [-0.2, 0) is 14.3 Å². The van der Waals surface area contributed by atoms with Crippen LogP contribution < -0.4 is 0 Å². The summed E-state index contributed by atoms with van der Waals surface area (Å²) in [7, 11) is -1.37. The van der Waals surface area contributed by atoms with Crippen molar-refractivity contribution in [3.05, 3.63) is 47.1 Å². The van der Waals surface area contributed by atoms with E-state index < -0.39 is 8.07 Å². The third-order valence-corrected chi connectivity index (χ3v) is 9.01. The first-order chi connectivity index (χ1) is 15.8. The highest BCUT2D eigenvalue weighted by Gasteiger charge is 2.48. The Hall–Kier alpha value is -1.39. The zero-order chi connectivity index (χ0) is 25.6. The maximum absolute atomic E-state index is 12.8. The molecule has 3 atom stereocenters. The molecule has 34 heavy (non-hydrogen) atoms. The average molecular weight is 487 g/mol. The Morgan fingerprint density at radius 1 is 1.18 bits per heavy atom. The molecule has 192 valence electrons. The molecule has 2 rings (SSSR count). The molecule has 1 fully saturated rings. The first-order valence-corrected chi connectivity index (χ1v) is 17.1. The summed E-state index contributed by atoms with van der Waals surface area (Å²) >= 11 is 0. The van der Waals surface area contributed by atoms with E-state index in [0.29, 0.717) is 12.7 Å². The fraction of sp³-hybridized carbons (Fsp3) is 0.700. The molecule has 1 aliphatic carbocycles. The van der Waals surface area contributed by atoms with Gasteiger partial charge in [-0.1, -0.05) is 61.5 Å². The van der Waals surface area contributed by atoms with E-state index in [1.165, 1.54) is 16.7 Å². The maximum Gasteiger partial charge on any atom is 0.333 e. The SMILES string of the molecule is C=C[C@@]1(C)O[C@@H]1CC/C(C)=C/CC/C(C)=C/C[C@@]1(C)CCCC(C(=O)OCC)=C1C[Si](C)(C)C. The van der Waals surface area contributed by atoms with Gasteiger partial charge in [0.2, 0.25) is 0 Å². The Morgan fingerprint density at radius 3 is 2.44 bits per heavy atom. The van der Waals surface area contributed by atoms with Gasteiger partial charge >= 0.3 is 5.97 Å². The van der Waals surface area contributed by atoms with Crippen molar-refractivity contribution < 1.29 is 14.3 Å². The maximum atomic E-state index is 12.8. The van der Waals surface area contributed by atoms with Gasteiger partial charge in [0, 0.05) is 13.6 Å². The third-order valence-electron chi connectivity index (χ3n) is 7.59. The van der Waals surface area contributed by atoms with Crippen LogP contribution in [0, 0.1) is 5.41 Å². The Labute approximate surface area is 210 Å². The second-order valence-electron chi connectivity index (χ2n) is 12.2. The predicted molar refractivity (Wildman–Crippen MR) is 148 cm³/mol. The van der Waals surface area contributed by atoms with Gasteiger partial charge in [-0.2, -0.15) is 0 Å². The highest BCUT2D eigenvalue weighted by atomic mass is 28.3. The number of epoxide rings is 1. The van der Waals surface area contributed by atoms with Gasteiger partial charge in [-0.25, -0.2) is 4.79 Å². The quantitative estimate of drug-likeness (QED) is 0.113. The van der Waals surface area contributed by atoms with Crippen LogP contribution in [-0.4, -0.2) is 32.4 Å². The van der Waals surface area contributed by atoms with Crippen molar-refractivity contribution in [2.24, 2.45) is 5.41 Å². The summed E-state index contributed by atoms with van der Waals surface area (Å²) in [5.74, 6) is -0.0759. The predicted octanol–water partition coefficient (Wildman–Crippen LogP) is 8.56. The van der Waals surface area contributed by atoms with E-state index in [0.717, 1.165) is 63.0 Å². The van der Waals surface area contributed by atoms with Crippen LogP contribution in [0.2, 0.25) is 25.7 Å². The molecular formula is C30H50O3Si. The molecule has 1 aliphatic heterocycles. The van der Waals surface area contributed by atoms with Gasteiger partial charge in [0.1, 0.15) is 5.60 Å². The van der Waals surface area contributed by atoms with Gasteiger partial charge in [0.05, 0.1) is 12.7 Å². The van der Waals surface area contributed by atoms with Crippen LogP contribution in [0.25, 0.3) is 0 Å². The summed E-state index contributed by atoms with van der Waals surface area (Å²) < 4.78 is 11.2. The van der Waals surface area contributed by atoms with Gasteiger partial charge in [-0.05, 0) is 90.5 Å². The minimum Gasteiger partial charge on any atom is -0.463 e. The van der Waals surface area contributed by atoms with Crippen molar-refractivity contribution in [2.75, 3.05) is 6.61 Å². The minimum absolute atomic E-state index is 0.0652. The van der Waals surface area contributed by atoms with Crippen LogP contribution in [0.5, 0.6) is 0 Å². The van der Waals surface area contributed by atoms with Gasteiger partial charge in [0.15, 0.2) is 0 Å². The molecule has 4 heteroatoms. The van der Waals surface area contributed by atoms with E-state index in [1.807, 2.05) is 13.0 Å². The monoisotopic (exact) mass is 486 g/mol. The molecule has 0 saturated carbocycles. The molecule has 1 heterocycles. The number of carbonyl (C=O) groups is 1. The Balaban J connectivity index is 1.99. The molecule has 0 bridgehead atoms. The molecule has 0 aromatic rings. The highest BCUT2D eigenvalue weighted by Crippen LogP contribution is 2.47. The number of carbonyl (C=O) groups excluding carboxylic acids is 1. The molecule has 1 saturated heterocycles. The molecule has 0 radical (unpaired) electrons. The number of hydrogen-bond acceptors (Lipinski definition) is 3. The van der Waals surface area contributed by atoms with E-state index >= 15 is 0 Å². The third kappa shape index (κ3) is 8.37. The fourth-order valence-electron chi connectivity index (χ4n) is 5.15. The first-order valence-electron chi connectivity index (χ1n) is 13.4. The van der Waals surface area contributed by atoms with E-state index in [-0.39, 0.29) is 17.0 Å². The van der Waals surface area contributed by atoms with Crippen molar-refractivity contribution in [1.82, 2.24) is 0 Å². The lowest BCUT2D eigenvalue weighted by atomic mass is 9.69. The first kappa shape index (κ1) is 28.8. The molecule has 0 spiro atoms. The number of hydrogen-bond donors (Lipinski definition) is 0. The van der Waals surface area contributed by atoms with E-state index in [9.17, 15) is 4.79 Å². The number of ether oxygens (including phenoxy) is 2. The fourth-order valence-corrected chi connectivity index (χ4v) is 6.85. The zero-order valence-electron chi connectivity index (χ0n) is 23.3. The van der Waals surface area contributed by atoms with E-state index in [4.69, 9.17) is 9.47 Å². The molecule has 0 unspecified atom stereocenters. The average Bonchev–Trinajstić information content (AvgIpc) is 3.42. The largest absolute Gasteiger partial charge is 0.463 e. The second kappa shape index (κ2) is 12.0. The number of allylic oxidation sites excluding steroid dienone is 5.